The Labute approximate surface area is 268 Å². The summed E-state index contributed by atoms with van der Waals surface area (Å²) in [6.07, 6.45) is 6.81. The van der Waals surface area contributed by atoms with Gasteiger partial charge in [0.15, 0.2) is 0 Å². The van der Waals surface area contributed by atoms with Crippen molar-refractivity contribution >= 4 is 5.91 Å². The Kier molecular flexibility index (Phi) is 10.7. The minimum absolute atomic E-state index is 0.0314. The first kappa shape index (κ1) is 32.4. The number of hydrogen-bond acceptors (Lipinski definition) is 3. The number of benzene rings is 4. The summed E-state index contributed by atoms with van der Waals surface area (Å²) in [4.78, 5) is 12.7. The number of halogens is 1. The summed E-state index contributed by atoms with van der Waals surface area (Å²) in [6, 6.07) is 35.1. The topological polar surface area (TPSA) is 50.4 Å². The van der Waals surface area contributed by atoms with Crippen LogP contribution in [-0.2, 0) is 28.6 Å². The van der Waals surface area contributed by atoms with Gasteiger partial charge >= 0.3 is 0 Å². The lowest BCUT2D eigenvalue weighted by molar-refractivity contribution is -0.121. The molecule has 1 heterocycles. The number of fused-ring (bicyclic) bond motifs is 1. The molecule has 236 valence electrons. The average molecular weight is 607 g/mol. The Morgan fingerprint density at radius 1 is 0.933 bits per heavy atom. The van der Waals surface area contributed by atoms with Gasteiger partial charge in [-0.25, -0.2) is 4.39 Å². The van der Waals surface area contributed by atoms with Gasteiger partial charge in [-0.1, -0.05) is 85.3 Å². The van der Waals surface area contributed by atoms with Gasteiger partial charge < -0.3 is 15.4 Å². The van der Waals surface area contributed by atoms with E-state index in [0.717, 1.165) is 49.8 Å². The van der Waals surface area contributed by atoms with E-state index in [-0.39, 0.29) is 22.7 Å². The van der Waals surface area contributed by atoms with Crippen LogP contribution in [0.1, 0.15) is 80.2 Å². The zero-order valence-corrected chi connectivity index (χ0v) is 27.0. The van der Waals surface area contributed by atoms with Gasteiger partial charge in [-0.05, 0) is 104 Å². The Morgan fingerprint density at radius 3 is 2.22 bits per heavy atom. The first-order valence-corrected chi connectivity index (χ1v) is 16.4. The minimum Gasteiger partial charge on any atom is -0.497 e. The van der Waals surface area contributed by atoms with Crippen LogP contribution < -0.4 is 15.4 Å². The summed E-state index contributed by atoms with van der Waals surface area (Å²) in [5, 5.41) is 7.08. The normalized spacial score (nSPS) is 17.8. The second-order valence-electron chi connectivity index (χ2n) is 12.9. The standard InChI is InChI=1S/C40H47FN2O2/c1-30-28-32-19-22-36(45-3)29-37(32)39(2,43-30)24-10-25-40(33-12-6-4-7-13-33,34-14-8-5-9-15-34)26-11-27-42-38(44)23-18-31-16-20-35(41)21-17-31/h4-9,12-17,19-22,29-30,43H,10-11,18,23-28H2,1-3H3,(H,42,44). The SMILES string of the molecule is COc1ccc2c(c1)C(C)(CCCC(CCCNC(=O)CCc1ccc(F)cc1)(c1ccccc1)c1ccccc1)NC(C)C2. The number of methoxy groups -OCH3 is 1. The van der Waals surface area contributed by atoms with E-state index in [4.69, 9.17) is 4.74 Å². The number of carbonyl (C=O) groups is 1. The van der Waals surface area contributed by atoms with Gasteiger partial charge in [0.2, 0.25) is 5.91 Å². The highest BCUT2D eigenvalue weighted by Gasteiger charge is 2.38. The number of aryl methyl sites for hydroxylation is 1. The van der Waals surface area contributed by atoms with E-state index >= 15 is 0 Å². The maximum absolute atomic E-state index is 13.2. The Hall–Kier alpha value is -3.96. The maximum atomic E-state index is 13.2. The number of carbonyl (C=O) groups excluding carboxylic acids is 1. The number of ether oxygens (including phenoxy) is 1. The third kappa shape index (κ3) is 8.01. The minimum atomic E-state index is -0.257. The molecule has 2 N–H and O–H groups in total. The van der Waals surface area contributed by atoms with Crippen LogP contribution in [0, 0.1) is 5.82 Å². The van der Waals surface area contributed by atoms with Gasteiger partial charge in [0, 0.05) is 30.0 Å². The van der Waals surface area contributed by atoms with Crippen LogP contribution in [0.25, 0.3) is 0 Å². The van der Waals surface area contributed by atoms with E-state index in [1.54, 1.807) is 19.2 Å². The molecule has 0 fully saturated rings. The highest BCUT2D eigenvalue weighted by Crippen LogP contribution is 2.44. The van der Waals surface area contributed by atoms with E-state index < -0.39 is 0 Å². The Balaban J connectivity index is 1.31. The third-order valence-electron chi connectivity index (χ3n) is 9.59. The van der Waals surface area contributed by atoms with Gasteiger partial charge in [0.05, 0.1) is 7.11 Å². The van der Waals surface area contributed by atoms with Gasteiger partial charge in [0.25, 0.3) is 0 Å². The molecule has 0 aliphatic carbocycles. The second kappa shape index (κ2) is 14.9. The molecule has 0 spiro atoms. The molecule has 4 aromatic rings. The highest BCUT2D eigenvalue weighted by molar-refractivity contribution is 5.76. The first-order chi connectivity index (χ1) is 21.8. The summed E-state index contributed by atoms with van der Waals surface area (Å²) in [6.45, 7) is 5.24. The number of amides is 1. The molecule has 2 atom stereocenters. The summed E-state index contributed by atoms with van der Waals surface area (Å²) >= 11 is 0. The molecule has 1 aliphatic heterocycles. The summed E-state index contributed by atoms with van der Waals surface area (Å²) < 4.78 is 18.9. The molecule has 2 unspecified atom stereocenters. The molecule has 0 aromatic heterocycles. The van der Waals surface area contributed by atoms with E-state index in [9.17, 15) is 9.18 Å². The predicted molar refractivity (Wildman–Crippen MR) is 181 cm³/mol. The molecule has 1 aliphatic rings. The molecule has 5 heteroatoms. The molecular formula is C40H47FN2O2. The lowest BCUT2D eigenvalue weighted by atomic mass is 9.67. The molecule has 0 saturated carbocycles. The van der Waals surface area contributed by atoms with Gasteiger partial charge in [-0.2, -0.15) is 0 Å². The molecule has 0 saturated heterocycles. The van der Waals surface area contributed by atoms with Gasteiger partial charge in [0.1, 0.15) is 11.6 Å². The lowest BCUT2D eigenvalue weighted by Gasteiger charge is -2.42. The van der Waals surface area contributed by atoms with Crippen molar-refractivity contribution in [3.05, 3.63) is 137 Å². The third-order valence-corrected chi connectivity index (χ3v) is 9.59. The van der Waals surface area contributed by atoms with Crippen molar-refractivity contribution in [2.45, 2.75) is 82.2 Å². The van der Waals surface area contributed by atoms with Crippen LogP contribution in [0.5, 0.6) is 5.75 Å². The molecule has 4 aromatic carbocycles. The Bertz CT molecular complexity index is 1480. The monoisotopic (exact) mass is 606 g/mol. The predicted octanol–water partition coefficient (Wildman–Crippen LogP) is 8.27. The van der Waals surface area contributed by atoms with Crippen molar-refractivity contribution in [3.8, 4) is 5.75 Å². The van der Waals surface area contributed by atoms with Crippen LogP contribution in [0.3, 0.4) is 0 Å². The van der Waals surface area contributed by atoms with Crippen molar-refractivity contribution < 1.29 is 13.9 Å². The molecule has 0 radical (unpaired) electrons. The summed E-state index contributed by atoms with van der Waals surface area (Å²) in [5.41, 5.74) is 6.00. The summed E-state index contributed by atoms with van der Waals surface area (Å²) in [5.74, 6) is 0.676. The van der Waals surface area contributed by atoms with Crippen molar-refractivity contribution in [2.24, 2.45) is 0 Å². The van der Waals surface area contributed by atoms with Gasteiger partial charge in [-0.15, -0.1) is 0 Å². The maximum Gasteiger partial charge on any atom is 0.220 e. The van der Waals surface area contributed by atoms with Crippen molar-refractivity contribution in [3.63, 3.8) is 0 Å². The fraction of sp³-hybridized carbons (Fsp3) is 0.375. The van der Waals surface area contributed by atoms with Crippen molar-refractivity contribution in [1.82, 2.24) is 10.6 Å². The van der Waals surface area contributed by atoms with E-state index in [2.05, 4.69) is 103 Å². The quantitative estimate of drug-likeness (QED) is 0.142. The molecular weight excluding hydrogens is 559 g/mol. The molecule has 4 nitrogen and oxygen atoms in total. The zero-order chi connectivity index (χ0) is 31.7. The van der Waals surface area contributed by atoms with Crippen LogP contribution in [0.2, 0.25) is 0 Å². The molecule has 45 heavy (non-hydrogen) atoms. The van der Waals surface area contributed by atoms with Crippen LogP contribution >= 0.6 is 0 Å². The van der Waals surface area contributed by atoms with E-state index in [0.29, 0.717) is 25.4 Å². The van der Waals surface area contributed by atoms with Gasteiger partial charge in [-0.3, -0.25) is 4.79 Å². The smallest absolute Gasteiger partial charge is 0.220 e. The number of hydrogen-bond donors (Lipinski definition) is 2. The zero-order valence-electron chi connectivity index (χ0n) is 27.0. The van der Waals surface area contributed by atoms with Crippen LogP contribution in [-0.4, -0.2) is 25.6 Å². The largest absolute Gasteiger partial charge is 0.497 e. The van der Waals surface area contributed by atoms with Crippen LogP contribution in [0.4, 0.5) is 4.39 Å². The fourth-order valence-corrected chi connectivity index (χ4v) is 7.33. The molecule has 1 amide bonds. The van der Waals surface area contributed by atoms with Crippen molar-refractivity contribution in [1.29, 1.82) is 0 Å². The van der Waals surface area contributed by atoms with E-state index in [1.807, 2.05) is 0 Å². The first-order valence-electron chi connectivity index (χ1n) is 16.4. The molecule has 5 rings (SSSR count). The Morgan fingerprint density at radius 2 is 1.58 bits per heavy atom. The highest BCUT2D eigenvalue weighted by atomic mass is 19.1. The number of rotatable bonds is 14. The van der Waals surface area contributed by atoms with E-state index in [1.165, 1.54) is 34.4 Å². The summed E-state index contributed by atoms with van der Waals surface area (Å²) in [7, 11) is 1.74. The van der Waals surface area contributed by atoms with Crippen LogP contribution in [0.15, 0.2) is 103 Å². The second-order valence-corrected chi connectivity index (χ2v) is 12.9. The number of nitrogens with one attached hydrogen (secondary N) is 2. The fourth-order valence-electron chi connectivity index (χ4n) is 7.33. The average Bonchev–Trinajstić information content (AvgIpc) is 3.06. The lowest BCUT2D eigenvalue weighted by Crippen LogP contribution is -2.50. The molecule has 0 bridgehead atoms. The van der Waals surface area contributed by atoms with Crippen molar-refractivity contribution in [2.75, 3.05) is 13.7 Å².